The number of carbonyl (C=O) groups excluding carboxylic acids is 2. The lowest BCUT2D eigenvalue weighted by molar-refractivity contribution is -0.151. The van der Waals surface area contributed by atoms with Gasteiger partial charge in [0.25, 0.3) is 0 Å². The number of hydrogen-bond donors (Lipinski definition) is 0. The number of aryl methyl sites for hydroxylation is 1. The van der Waals surface area contributed by atoms with Gasteiger partial charge >= 0.3 is 5.97 Å². The van der Waals surface area contributed by atoms with Crippen molar-refractivity contribution in [3.8, 4) is 0 Å². The number of Topliss-reactive ketones (excluding diaryl/α,β-unsaturated/α-hetero) is 1. The Balaban J connectivity index is 2.56. The fourth-order valence-electron chi connectivity index (χ4n) is 1.57. The molecule has 0 amide bonds. The van der Waals surface area contributed by atoms with Crippen molar-refractivity contribution in [3.63, 3.8) is 0 Å². The summed E-state index contributed by atoms with van der Waals surface area (Å²) in [4.78, 5) is 27.1. The van der Waals surface area contributed by atoms with E-state index in [1.165, 1.54) is 6.92 Å². The molecular formula is C13H17NO3. The average molecular weight is 235 g/mol. The topological polar surface area (TPSA) is 56.3 Å². The van der Waals surface area contributed by atoms with E-state index in [2.05, 4.69) is 4.98 Å². The Labute approximate surface area is 101 Å². The fourth-order valence-corrected chi connectivity index (χ4v) is 1.57. The number of ketones is 1. The van der Waals surface area contributed by atoms with Gasteiger partial charge in [-0.05, 0) is 38.8 Å². The van der Waals surface area contributed by atoms with Crippen molar-refractivity contribution < 1.29 is 14.3 Å². The lowest BCUT2D eigenvalue weighted by Gasteiger charge is -2.11. The van der Waals surface area contributed by atoms with Crippen LogP contribution in [-0.2, 0) is 20.7 Å². The van der Waals surface area contributed by atoms with Crippen molar-refractivity contribution >= 4 is 11.8 Å². The number of pyridine rings is 1. The molecule has 0 unspecified atom stereocenters. The van der Waals surface area contributed by atoms with Crippen LogP contribution in [0.25, 0.3) is 0 Å². The first-order valence-electron chi connectivity index (χ1n) is 5.72. The second kappa shape index (κ2) is 6.78. The van der Waals surface area contributed by atoms with Gasteiger partial charge in [-0.15, -0.1) is 0 Å². The normalized spacial score (nSPS) is 11.9. The molecule has 0 aliphatic carbocycles. The van der Waals surface area contributed by atoms with Gasteiger partial charge in [0.05, 0.1) is 6.61 Å². The summed E-state index contributed by atoms with van der Waals surface area (Å²) >= 11 is 0. The molecule has 4 heteroatoms. The van der Waals surface area contributed by atoms with Crippen molar-refractivity contribution in [2.24, 2.45) is 5.92 Å². The molecule has 1 heterocycles. The highest BCUT2D eigenvalue weighted by Gasteiger charge is 2.24. The van der Waals surface area contributed by atoms with Crippen molar-refractivity contribution in [2.45, 2.75) is 26.7 Å². The molecule has 92 valence electrons. The third kappa shape index (κ3) is 4.34. The summed E-state index contributed by atoms with van der Waals surface area (Å²) < 4.78 is 4.87. The van der Waals surface area contributed by atoms with E-state index < -0.39 is 11.9 Å². The molecule has 0 fully saturated rings. The van der Waals surface area contributed by atoms with Crippen LogP contribution in [0.2, 0.25) is 0 Å². The molecule has 0 saturated heterocycles. The standard InChI is InChI=1S/C13H17NO3/c1-3-17-13(16)12(10(2)15)8-7-11-6-4-5-9-14-11/h4-6,9,12H,3,7-8H2,1-2H3/t12-/m1/s1. The van der Waals surface area contributed by atoms with E-state index in [1.807, 2.05) is 18.2 Å². The van der Waals surface area contributed by atoms with Crippen LogP contribution >= 0.6 is 0 Å². The molecule has 0 radical (unpaired) electrons. The lowest BCUT2D eigenvalue weighted by atomic mass is 9.98. The van der Waals surface area contributed by atoms with Crippen LogP contribution < -0.4 is 0 Å². The van der Waals surface area contributed by atoms with Crippen molar-refractivity contribution in [3.05, 3.63) is 30.1 Å². The largest absolute Gasteiger partial charge is 0.465 e. The monoisotopic (exact) mass is 235 g/mol. The van der Waals surface area contributed by atoms with Gasteiger partial charge in [-0.25, -0.2) is 0 Å². The number of ether oxygens (including phenoxy) is 1. The highest BCUT2D eigenvalue weighted by Crippen LogP contribution is 2.11. The van der Waals surface area contributed by atoms with Gasteiger partial charge in [-0.1, -0.05) is 6.07 Å². The number of esters is 1. The van der Waals surface area contributed by atoms with Crippen LogP contribution in [0.1, 0.15) is 26.0 Å². The zero-order valence-corrected chi connectivity index (χ0v) is 10.2. The molecule has 17 heavy (non-hydrogen) atoms. The summed E-state index contributed by atoms with van der Waals surface area (Å²) in [6.45, 7) is 3.44. The highest BCUT2D eigenvalue weighted by molar-refractivity contribution is 5.97. The zero-order chi connectivity index (χ0) is 12.7. The van der Waals surface area contributed by atoms with E-state index in [1.54, 1.807) is 13.1 Å². The predicted molar refractivity (Wildman–Crippen MR) is 63.4 cm³/mol. The van der Waals surface area contributed by atoms with Gasteiger partial charge in [0.2, 0.25) is 0 Å². The minimum absolute atomic E-state index is 0.153. The van der Waals surface area contributed by atoms with Gasteiger partial charge in [-0.2, -0.15) is 0 Å². The fraction of sp³-hybridized carbons (Fsp3) is 0.462. The van der Waals surface area contributed by atoms with Gasteiger partial charge in [0.1, 0.15) is 11.7 Å². The molecule has 1 rings (SSSR count). The molecule has 0 aliphatic rings. The number of aromatic nitrogens is 1. The smallest absolute Gasteiger partial charge is 0.316 e. The maximum Gasteiger partial charge on any atom is 0.316 e. The van der Waals surface area contributed by atoms with Crippen molar-refractivity contribution in [1.82, 2.24) is 4.98 Å². The van der Waals surface area contributed by atoms with Gasteiger partial charge in [0.15, 0.2) is 0 Å². The van der Waals surface area contributed by atoms with Gasteiger partial charge < -0.3 is 4.74 Å². The lowest BCUT2D eigenvalue weighted by Crippen LogP contribution is -2.25. The maximum absolute atomic E-state index is 11.5. The van der Waals surface area contributed by atoms with Gasteiger partial charge in [-0.3, -0.25) is 14.6 Å². The molecular weight excluding hydrogens is 218 g/mol. The molecule has 0 saturated carbocycles. The average Bonchev–Trinajstić information content (AvgIpc) is 2.30. The summed E-state index contributed by atoms with van der Waals surface area (Å²) in [5.74, 6) is -1.26. The van der Waals surface area contributed by atoms with E-state index in [-0.39, 0.29) is 5.78 Å². The van der Waals surface area contributed by atoms with Crippen LogP contribution in [0.4, 0.5) is 0 Å². The summed E-state index contributed by atoms with van der Waals surface area (Å²) in [5.41, 5.74) is 0.878. The Bertz CT molecular complexity index is 376. The number of carbonyl (C=O) groups is 2. The van der Waals surface area contributed by atoms with E-state index in [9.17, 15) is 9.59 Å². The zero-order valence-electron chi connectivity index (χ0n) is 10.2. The van der Waals surface area contributed by atoms with Gasteiger partial charge in [0, 0.05) is 11.9 Å². The SMILES string of the molecule is CCOC(=O)[C@H](CCc1ccccn1)C(C)=O. The Morgan fingerprint density at radius 3 is 2.71 bits per heavy atom. The molecule has 0 spiro atoms. The molecule has 1 atom stereocenters. The predicted octanol–water partition coefficient (Wildman–Crippen LogP) is 1.78. The Hall–Kier alpha value is -1.71. The third-order valence-corrected chi connectivity index (χ3v) is 2.48. The molecule has 4 nitrogen and oxygen atoms in total. The van der Waals surface area contributed by atoms with E-state index >= 15 is 0 Å². The molecule has 0 N–H and O–H groups in total. The first kappa shape index (κ1) is 13.4. The number of hydrogen-bond acceptors (Lipinski definition) is 4. The van der Waals surface area contributed by atoms with Crippen LogP contribution in [-0.4, -0.2) is 23.3 Å². The van der Waals surface area contributed by atoms with Crippen LogP contribution in [0.3, 0.4) is 0 Å². The molecule has 0 aromatic carbocycles. The van der Waals surface area contributed by atoms with Crippen LogP contribution in [0.15, 0.2) is 24.4 Å². The van der Waals surface area contributed by atoms with E-state index in [4.69, 9.17) is 4.74 Å². The minimum atomic E-state index is -0.669. The summed E-state index contributed by atoms with van der Waals surface area (Å²) in [5, 5.41) is 0. The molecule has 1 aromatic rings. The van der Waals surface area contributed by atoms with Crippen molar-refractivity contribution in [1.29, 1.82) is 0 Å². The Kier molecular flexibility index (Phi) is 5.33. The minimum Gasteiger partial charge on any atom is -0.465 e. The summed E-state index contributed by atoms with van der Waals surface area (Å²) in [6.07, 6.45) is 2.75. The van der Waals surface area contributed by atoms with E-state index in [0.717, 1.165) is 5.69 Å². The van der Waals surface area contributed by atoms with E-state index in [0.29, 0.717) is 19.4 Å². The first-order valence-corrected chi connectivity index (χ1v) is 5.72. The van der Waals surface area contributed by atoms with Crippen molar-refractivity contribution in [2.75, 3.05) is 6.61 Å². The Morgan fingerprint density at radius 1 is 1.41 bits per heavy atom. The first-order chi connectivity index (χ1) is 8.15. The maximum atomic E-state index is 11.5. The third-order valence-electron chi connectivity index (χ3n) is 2.48. The van der Waals surface area contributed by atoms with Crippen LogP contribution in [0.5, 0.6) is 0 Å². The Morgan fingerprint density at radius 2 is 2.18 bits per heavy atom. The summed E-state index contributed by atoms with van der Waals surface area (Å²) in [7, 11) is 0. The second-order valence-corrected chi connectivity index (χ2v) is 3.78. The molecule has 0 bridgehead atoms. The molecule has 1 aromatic heterocycles. The second-order valence-electron chi connectivity index (χ2n) is 3.78. The highest BCUT2D eigenvalue weighted by atomic mass is 16.5. The number of rotatable bonds is 6. The number of nitrogens with zero attached hydrogens (tertiary/aromatic N) is 1. The molecule has 0 aliphatic heterocycles. The summed E-state index contributed by atoms with van der Waals surface area (Å²) in [6, 6.07) is 5.59. The van der Waals surface area contributed by atoms with Crippen LogP contribution in [0, 0.1) is 5.92 Å². The quantitative estimate of drug-likeness (QED) is 0.557.